The second-order valence-electron chi connectivity index (χ2n) is 6.54. The van der Waals surface area contributed by atoms with Gasteiger partial charge in [0.1, 0.15) is 0 Å². The van der Waals surface area contributed by atoms with Crippen LogP contribution < -0.4 is 5.32 Å². The maximum atomic E-state index is 12.7. The van der Waals surface area contributed by atoms with Gasteiger partial charge in [-0.3, -0.25) is 19.7 Å². The number of benzene rings is 3. The molecule has 3 aromatic carbocycles. The Bertz CT molecular complexity index is 1250. The summed E-state index contributed by atoms with van der Waals surface area (Å²) in [4.78, 5) is 57.5. The van der Waals surface area contributed by atoms with E-state index in [1.165, 1.54) is 54.6 Å². The highest BCUT2D eigenvalue weighted by Crippen LogP contribution is 2.19. The number of hydrogen-bond donors (Lipinski definition) is 3. The molecule has 0 radical (unpaired) electrons. The van der Waals surface area contributed by atoms with E-state index in [0.29, 0.717) is 5.69 Å². The van der Waals surface area contributed by atoms with Crippen LogP contribution in [0, 0.1) is 10.1 Å². The number of non-ortho nitro benzene ring substituents is 1. The molecule has 0 heterocycles. The number of carboxylic acids is 2. The van der Waals surface area contributed by atoms with Crippen LogP contribution in [-0.4, -0.2) is 38.8 Å². The maximum absolute atomic E-state index is 12.7. The number of nitro benzene ring substituents is 1. The molecular weight excluding hydrogens is 420 g/mol. The number of rotatable bonds is 7. The monoisotopic (exact) mass is 434 g/mol. The molecule has 0 spiro atoms. The number of ketones is 1. The van der Waals surface area contributed by atoms with Gasteiger partial charge in [0.25, 0.3) is 11.6 Å². The van der Waals surface area contributed by atoms with Crippen molar-refractivity contribution in [3.63, 3.8) is 0 Å². The Kier molecular flexibility index (Phi) is 6.06. The van der Waals surface area contributed by atoms with Gasteiger partial charge < -0.3 is 15.5 Å². The molecule has 0 aliphatic heterocycles. The summed E-state index contributed by atoms with van der Waals surface area (Å²) in [6.45, 7) is 0. The van der Waals surface area contributed by atoms with Gasteiger partial charge in [-0.2, -0.15) is 0 Å². The zero-order valence-electron chi connectivity index (χ0n) is 16.1. The third-order valence-electron chi connectivity index (χ3n) is 4.49. The molecule has 0 saturated heterocycles. The van der Waals surface area contributed by atoms with Gasteiger partial charge >= 0.3 is 11.9 Å². The number of nitrogens with one attached hydrogen (secondary N) is 1. The number of nitrogens with zero attached hydrogens (tertiary/aromatic N) is 1. The number of nitro groups is 1. The Labute approximate surface area is 179 Å². The summed E-state index contributed by atoms with van der Waals surface area (Å²) in [6, 6.07) is 14.1. The van der Waals surface area contributed by atoms with Gasteiger partial charge in [0, 0.05) is 34.5 Å². The quantitative estimate of drug-likeness (QED) is 0.289. The largest absolute Gasteiger partial charge is 0.478 e. The van der Waals surface area contributed by atoms with E-state index in [9.17, 15) is 34.4 Å². The highest BCUT2D eigenvalue weighted by atomic mass is 16.6. The molecule has 0 unspecified atom stereocenters. The molecule has 0 fully saturated rings. The number of hydrogen-bond acceptors (Lipinski definition) is 6. The van der Waals surface area contributed by atoms with Gasteiger partial charge in [-0.25, -0.2) is 9.59 Å². The summed E-state index contributed by atoms with van der Waals surface area (Å²) in [6.07, 6.45) is 0. The number of carbonyl (C=O) groups is 4. The number of amides is 1. The topological polar surface area (TPSA) is 164 Å². The minimum Gasteiger partial charge on any atom is -0.478 e. The van der Waals surface area contributed by atoms with Crippen molar-refractivity contribution < 1.29 is 34.3 Å². The standard InChI is InChI=1S/C22H14N2O8/c25-19(14-5-10-17(21(27)28)18(11-14)22(29)30)12-1-6-15(7-2-12)23-20(26)13-3-8-16(9-4-13)24(31)32/h1-11H,(H,23,26)(H,27,28)(H,29,30). The molecule has 0 aromatic heterocycles. The molecule has 0 atom stereocenters. The van der Waals surface area contributed by atoms with Gasteiger partial charge in [-0.1, -0.05) is 6.07 Å². The van der Waals surface area contributed by atoms with Crippen molar-refractivity contribution in [2.75, 3.05) is 5.32 Å². The van der Waals surface area contributed by atoms with Crippen LogP contribution in [0.1, 0.15) is 47.0 Å². The van der Waals surface area contributed by atoms with Gasteiger partial charge in [0.05, 0.1) is 16.1 Å². The highest BCUT2D eigenvalue weighted by molar-refractivity contribution is 6.12. The van der Waals surface area contributed by atoms with Crippen molar-refractivity contribution in [3.8, 4) is 0 Å². The molecule has 0 saturated carbocycles. The Morgan fingerprint density at radius 2 is 1.25 bits per heavy atom. The van der Waals surface area contributed by atoms with Crippen molar-refractivity contribution in [1.29, 1.82) is 0 Å². The van der Waals surface area contributed by atoms with Crippen molar-refractivity contribution in [2.24, 2.45) is 0 Å². The molecule has 3 aromatic rings. The summed E-state index contributed by atoms with van der Waals surface area (Å²) in [5.41, 5.74) is -0.332. The van der Waals surface area contributed by atoms with E-state index in [1.54, 1.807) is 0 Å². The molecule has 0 aliphatic rings. The number of aromatic carboxylic acids is 2. The van der Waals surface area contributed by atoms with E-state index >= 15 is 0 Å². The van der Waals surface area contributed by atoms with Crippen LogP contribution >= 0.6 is 0 Å². The maximum Gasteiger partial charge on any atom is 0.336 e. The lowest BCUT2D eigenvalue weighted by Crippen LogP contribution is -2.12. The Morgan fingerprint density at radius 1 is 0.719 bits per heavy atom. The molecule has 32 heavy (non-hydrogen) atoms. The second-order valence-corrected chi connectivity index (χ2v) is 6.54. The third-order valence-corrected chi connectivity index (χ3v) is 4.49. The minimum absolute atomic E-state index is 0.00457. The second kappa shape index (κ2) is 8.88. The lowest BCUT2D eigenvalue weighted by atomic mass is 9.98. The summed E-state index contributed by atoms with van der Waals surface area (Å²) in [5, 5.41) is 31.5. The van der Waals surface area contributed by atoms with Gasteiger partial charge in [0.2, 0.25) is 0 Å². The summed E-state index contributed by atoms with van der Waals surface area (Å²) >= 11 is 0. The van der Waals surface area contributed by atoms with Crippen molar-refractivity contribution in [3.05, 3.63) is 105 Å². The van der Waals surface area contributed by atoms with Gasteiger partial charge in [-0.05, 0) is 48.5 Å². The van der Waals surface area contributed by atoms with Crippen molar-refractivity contribution in [1.82, 2.24) is 0 Å². The van der Waals surface area contributed by atoms with Crippen LogP contribution in [0.2, 0.25) is 0 Å². The Balaban J connectivity index is 1.76. The predicted octanol–water partition coefficient (Wildman–Crippen LogP) is 3.47. The summed E-state index contributed by atoms with van der Waals surface area (Å²) in [7, 11) is 0. The molecule has 0 bridgehead atoms. The smallest absolute Gasteiger partial charge is 0.336 e. The fourth-order valence-electron chi connectivity index (χ4n) is 2.86. The van der Waals surface area contributed by atoms with E-state index in [1.807, 2.05) is 0 Å². The fourth-order valence-corrected chi connectivity index (χ4v) is 2.86. The molecule has 3 rings (SSSR count). The zero-order chi connectivity index (χ0) is 23.4. The molecule has 10 nitrogen and oxygen atoms in total. The number of anilines is 1. The summed E-state index contributed by atoms with van der Waals surface area (Å²) < 4.78 is 0. The van der Waals surface area contributed by atoms with Crippen LogP contribution in [0.4, 0.5) is 11.4 Å². The van der Waals surface area contributed by atoms with Crippen LogP contribution in [-0.2, 0) is 0 Å². The summed E-state index contributed by atoms with van der Waals surface area (Å²) in [5.74, 6) is -3.93. The molecule has 3 N–H and O–H groups in total. The average molecular weight is 434 g/mol. The zero-order valence-corrected chi connectivity index (χ0v) is 16.1. The highest BCUT2D eigenvalue weighted by Gasteiger charge is 2.19. The first-order chi connectivity index (χ1) is 15.2. The SMILES string of the molecule is O=C(Nc1ccc(C(=O)c2ccc(C(=O)O)c(C(=O)O)c2)cc1)c1ccc([N+](=O)[O-])cc1. The number of carboxylic acid groups (broad SMARTS) is 2. The number of carbonyl (C=O) groups excluding carboxylic acids is 2. The Morgan fingerprint density at radius 3 is 1.78 bits per heavy atom. The van der Waals surface area contributed by atoms with Crippen LogP contribution in [0.5, 0.6) is 0 Å². The normalized spacial score (nSPS) is 10.2. The van der Waals surface area contributed by atoms with Gasteiger partial charge in [0.15, 0.2) is 5.78 Å². The van der Waals surface area contributed by atoms with E-state index in [4.69, 9.17) is 5.11 Å². The Hall–Kier alpha value is -4.86. The van der Waals surface area contributed by atoms with E-state index in [0.717, 1.165) is 12.1 Å². The molecule has 10 heteroatoms. The lowest BCUT2D eigenvalue weighted by molar-refractivity contribution is -0.384. The first-order valence-corrected chi connectivity index (χ1v) is 8.98. The predicted molar refractivity (Wildman–Crippen MR) is 111 cm³/mol. The average Bonchev–Trinajstić information content (AvgIpc) is 2.78. The first kappa shape index (κ1) is 21.8. The van der Waals surface area contributed by atoms with E-state index < -0.39 is 39.7 Å². The molecular formula is C22H14N2O8. The van der Waals surface area contributed by atoms with E-state index in [-0.39, 0.29) is 22.4 Å². The minimum atomic E-state index is -1.47. The fraction of sp³-hybridized carbons (Fsp3) is 0. The third kappa shape index (κ3) is 4.65. The van der Waals surface area contributed by atoms with Gasteiger partial charge in [-0.15, -0.1) is 0 Å². The molecule has 160 valence electrons. The van der Waals surface area contributed by atoms with Crippen LogP contribution in [0.3, 0.4) is 0 Å². The van der Waals surface area contributed by atoms with Crippen molar-refractivity contribution >= 4 is 35.0 Å². The van der Waals surface area contributed by atoms with Crippen molar-refractivity contribution in [2.45, 2.75) is 0 Å². The molecule has 1 amide bonds. The van der Waals surface area contributed by atoms with Crippen LogP contribution in [0.15, 0.2) is 66.7 Å². The van der Waals surface area contributed by atoms with E-state index in [2.05, 4.69) is 5.32 Å². The first-order valence-electron chi connectivity index (χ1n) is 8.98. The lowest BCUT2D eigenvalue weighted by Gasteiger charge is -2.08. The van der Waals surface area contributed by atoms with Crippen LogP contribution in [0.25, 0.3) is 0 Å². The molecule has 0 aliphatic carbocycles.